The normalized spacial score (nSPS) is 25.1. The predicted molar refractivity (Wildman–Crippen MR) is 131 cm³/mol. The molecule has 2 unspecified atom stereocenters. The minimum absolute atomic E-state index is 0.00349. The molecule has 0 radical (unpaired) electrons. The molecule has 4 atom stereocenters. The summed E-state index contributed by atoms with van der Waals surface area (Å²) < 4.78 is 38.0. The smallest absolute Gasteiger partial charge is 0.408 e. The summed E-state index contributed by atoms with van der Waals surface area (Å²) in [6.07, 6.45) is 5.53. The van der Waals surface area contributed by atoms with E-state index < -0.39 is 39.6 Å². The summed E-state index contributed by atoms with van der Waals surface area (Å²) in [4.78, 5) is 37.9. The molecule has 0 aliphatic carbocycles. The Morgan fingerprint density at radius 2 is 1.77 bits per heavy atom. The van der Waals surface area contributed by atoms with E-state index in [2.05, 4.69) is 22.9 Å². The maximum atomic E-state index is 13.0. The number of hydrogen-bond acceptors (Lipinski definition) is 7. The summed E-state index contributed by atoms with van der Waals surface area (Å²) in [5.41, 5.74) is -2.32. The van der Waals surface area contributed by atoms with Gasteiger partial charge in [0, 0.05) is 13.0 Å². The van der Waals surface area contributed by atoms with E-state index in [0.717, 1.165) is 38.5 Å². The molecule has 1 fully saturated rings. The lowest BCUT2D eigenvalue weighted by molar-refractivity contribution is -0.125. The number of rotatable bonds is 8. The van der Waals surface area contributed by atoms with E-state index in [4.69, 9.17) is 4.74 Å². The van der Waals surface area contributed by atoms with Gasteiger partial charge in [-0.25, -0.2) is 4.79 Å². The van der Waals surface area contributed by atoms with Crippen LogP contribution in [0.3, 0.4) is 0 Å². The summed E-state index contributed by atoms with van der Waals surface area (Å²) >= 11 is 0. The first-order chi connectivity index (χ1) is 16.4. The highest BCUT2D eigenvalue weighted by Gasteiger charge is 2.34. The quantitative estimate of drug-likeness (QED) is 0.239. The first-order valence-electron chi connectivity index (χ1n) is 12.6. The Bertz CT molecular complexity index is 775. The first-order valence-corrected chi connectivity index (χ1v) is 14.1. The molecule has 1 aliphatic rings. The molecule has 0 aromatic rings. The van der Waals surface area contributed by atoms with Gasteiger partial charge in [-0.2, -0.15) is 8.42 Å². The van der Waals surface area contributed by atoms with Crippen molar-refractivity contribution >= 4 is 28.0 Å². The van der Waals surface area contributed by atoms with Crippen molar-refractivity contribution in [1.29, 1.82) is 0 Å². The average Bonchev–Trinajstić information content (AvgIpc) is 2.76. The van der Waals surface area contributed by atoms with Gasteiger partial charge in [-0.3, -0.25) is 14.1 Å². The van der Waals surface area contributed by atoms with Gasteiger partial charge in [0.25, 0.3) is 10.1 Å². The van der Waals surface area contributed by atoms with Crippen molar-refractivity contribution < 1.29 is 37.2 Å². The van der Waals surface area contributed by atoms with Crippen LogP contribution in [-0.2, 0) is 24.4 Å². The van der Waals surface area contributed by atoms with Gasteiger partial charge in [-0.1, -0.05) is 40.0 Å². The Morgan fingerprint density at radius 3 is 2.40 bits per heavy atom. The number of nitrogens with one attached hydrogen (secondary N) is 3. The molecule has 11 nitrogen and oxygen atoms in total. The van der Waals surface area contributed by atoms with Crippen LogP contribution in [0.2, 0.25) is 0 Å². The second kappa shape index (κ2) is 15.9. The second-order valence-corrected chi connectivity index (χ2v) is 11.1. The molecule has 1 heterocycles. The van der Waals surface area contributed by atoms with Crippen molar-refractivity contribution in [2.24, 2.45) is 5.92 Å². The van der Waals surface area contributed by atoms with Crippen LogP contribution in [0.15, 0.2) is 0 Å². The number of hydrogen-bond donors (Lipinski definition) is 5. The predicted octanol–water partition coefficient (Wildman–Crippen LogP) is 2.24. The lowest BCUT2D eigenvalue weighted by atomic mass is 10.0. The van der Waals surface area contributed by atoms with Gasteiger partial charge in [0.05, 0.1) is 6.04 Å². The number of alkyl carbamates (subject to hydrolysis) is 1. The van der Waals surface area contributed by atoms with E-state index in [-0.39, 0.29) is 37.2 Å². The number of unbranched alkanes of at least 4 members (excludes halogenated alkanes) is 2. The largest absolute Gasteiger partial charge is 0.446 e. The van der Waals surface area contributed by atoms with Gasteiger partial charge in [0.15, 0.2) is 0 Å². The van der Waals surface area contributed by atoms with Crippen molar-refractivity contribution in [3.63, 3.8) is 0 Å². The van der Waals surface area contributed by atoms with Crippen LogP contribution in [0, 0.1) is 5.92 Å². The number of aliphatic hydroxyl groups excluding tert-OH is 1. The van der Waals surface area contributed by atoms with Crippen molar-refractivity contribution in [2.45, 2.75) is 115 Å². The third-order valence-corrected chi connectivity index (χ3v) is 6.84. The van der Waals surface area contributed by atoms with E-state index in [0.29, 0.717) is 19.4 Å². The highest BCUT2D eigenvalue weighted by molar-refractivity contribution is 7.86. The molecule has 5 N–H and O–H groups in total. The lowest BCUT2D eigenvalue weighted by Gasteiger charge is -2.26. The number of cyclic esters (lactones) is 1. The molecule has 0 spiro atoms. The van der Waals surface area contributed by atoms with E-state index in [1.54, 1.807) is 0 Å². The molecule has 1 saturated heterocycles. The lowest BCUT2D eigenvalue weighted by Crippen LogP contribution is -2.54. The Morgan fingerprint density at radius 1 is 1.06 bits per heavy atom. The molecule has 1 rings (SSSR count). The number of ether oxygens (including phenoxy) is 1. The average molecular weight is 522 g/mol. The fraction of sp³-hybridized carbons (Fsp3) is 0.870. The fourth-order valence-corrected chi connectivity index (χ4v) is 4.59. The highest BCUT2D eigenvalue weighted by atomic mass is 32.2. The molecule has 3 amide bonds. The third-order valence-electron chi connectivity index (χ3n) is 5.90. The van der Waals surface area contributed by atoms with Crippen LogP contribution in [-0.4, -0.2) is 66.2 Å². The van der Waals surface area contributed by atoms with Crippen LogP contribution in [0.5, 0.6) is 0 Å². The molecule has 0 aromatic heterocycles. The Kier molecular flexibility index (Phi) is 14.2. The van der Waals surface area contributed by atoms with Gasteiger partial charge in [0.2, 0.25) is 17.3 Å². The van der Waals surface area contributed by atoms with Gasteiger partial charge in [-0.15, -0.1) is 0 Å². The molecule has 1 aliphatic heterocycles. The zero-order valence-corrected chi connectivity index (χ0v) is 21.9. The Labute approximate surface area is 208 Å². The van der Waals surface area contributed by atoms with Crippen molar-refractivity contribution in [3.05, 3.63) is 0 Å². The standard InChI is InChI=1S/C23H43N3O8S/c1-4-5-7-10-17-11-8-6-9-14-24-20(27)13-12-18(22(29)35(31,32)33)25-21(28)19(15-16(2)3)26-23(30)34-17/h16-19,22,29H,4-15H2,1-3H3,(H,24,27)(H,25,28)(H,26,30)(H,31,32,33)/t17?,18-,19-,22?/m0/s1. The summed E-state index contributed by atoms with van der Waals surface area (Å²) in [5.74, 6) is -1.10. The summed E-state index contributed by atoms with van der Waals surface area (Å²) in [5, 5.41) is 17.8. The maximum Gasteiger partial charge on any atom is 0.408 e. The number of carbonyl (C=O) groups is 3. The second-order valence-electron chi connectivity index (χ2n) is 9.61. The van der Waals surface area contributed by atoms with Gasteiger partial charge in [0.1, 0.15) is 12.1 Å². The molecule has 204 valence electrons. The number of amides is 3. The summed E-state index contributed by atoms with van der Waals surface area (Å²) in [6, 6.07) is -2.51. The van der Waals surface area contributed by atoms with Crippen LogP contribution >= 0.6 is 0 Å². The zero-order valence-electron chi connectivity index (χ0n) is 21.1. The van der Waals surface area contributed by atoms with Crippen LogP contribution in [0.4, 0.5) is 4.79 Å². The molecular formula is C23H43N3O8S. The molecule has 12 heteroatoms. The van der Waals surface area contributed by atoms with Crippen molar-refractivity contribution in [1.82, 2.24) is 16.0 Å². The topological polar surface area (TPSA) is 171 Å². The van der Waals surface area contributed by atoms with Gasteiger partial charge >= 0.3 is 6.09 Å². The number of carbonyl (C=O) groups excluding carboxylic acids is 3. The Hall–Kier alpha value is -1.92. The summed E-state index contributed by atoms with van der Waals surface area (Å²) in [7, 11) is -4.91. The Balaban J connectivity index is 3.10. The monoisotopic (exact) mass is 521 g/mol. The SMILES string of the molecule is CCCCCC1CCCCCNC(=O)CC[C@@H](C(O)S(=O)(=O)O)NC(=O)[C@H](CC(C)C)NC(=O)O1. The van der Waals surface area contributed by atoms with Crippen molar-refractivity contribution in [3.8, 4) is 0 Å². The minimum Gasteiger partial charge on any atom is -0.446 e. The van der Waals surface area contributed by atoms with Crippen LogP contribution < -0.4 is 16.0 Å². The maximum absolute atomic E-state index is 13.0. The molecular weight excluding hydrogens is 478 g/mol. The third kappa shape index (κ3) is 13.1. The highest BCUT2D eigenvalue weighted by Crippen LogP contribution is 2.16. The van der Waals surface area contributed by atoms with Crippen molar-refractivity contribution in [2.75, 3.05) is 6.54 Å². The fourth-order valence-electron chi connectivity index (χ4n) is 3.97. The molecule has 35 heavy (non-hydrogen) atoms. The van der Waals surface area contributed by atoms with Gasteiger partial charge < -0.3 is 25.8 Å². The zero-order chi connectivity index (χ0) is 26.4. The van der Waals surface area contributed by atoms with E-state index >= 15 is 0 Å². The summed E-state index contributed by atoms with van der Waals surface area (Å²) in [6.45, 7) is 6.22. The molecule has 0 aromatic carbocycles. The number of aliphatic hydroxyl groups is 1. The van der Waals surface area contributed by atoms with E-state index in [1.807, 2.05) is 13.8 Å². The molecule has 0 bridgehead atoms. The van der Waals surface area contributed by atoms with E-state index in [9.17, 15) is 32.5 Å². The van der Waals surface area contributed by atoms with Crippen LogP contribution in [0.1, 0.15) is 91.4 Å². The first kappa shape index (κ1) is 31.1. The van der Waals surface area contributed by atoms with Crippen LogP contribution in [0.25, 0.3) is 0 Å². The van der Waals surface area contributed by atoms with E-state index in [1.165, 1.54) is 0 Å². The molecule has 0 saturated carbocycles. The van der Waals surface area contributed by atoms with Gasteiger partial charge in [-0.05, 0) is 50.9 Å². The minimum atomic E-state index is -4.91.